The highest BCUT2D eigenvalue weighted by Gasteiger charge is 2.16. The molecule has 6 heteroatoms. The zero-order chi connectivity index (χ0) is 15.4. The fourth-order valence-electron chi connectivity index (χ4n) is 2.41. The van der Waals surface area contributed by atoms with E-state index in [1.165, 1.54) is 6.08 Å². The van der Waals surface area contributed by atoms with Crippen molar-refractivity contribution in [3.63, 3.8) is 0 Å². The predicted molar refractivity (Wildman–Crippen MR) is 82.3 cm³/mol. The number of anilines is 1. The van der Waals surface area contributed by atoms with E-state index in [0.717, 1.165) is 31.8 Å². The minimum atomic E-state index is -0.217. The van der Waals surface area contributed by atoms with Gasteiger partial charge in [-0.2, -0.15) is 5.10 Å². The third-order valence-corrected chi connectivity index (χ3v) is 3.48. The normalized spacial score (nSPS) is 18.1. The molecular weight excluding hydrogens is 282 g/mol. The Bertz CT molecular complexity index is 666. The average molecular weight is 301 g/mol. The van der Waals surface area contributed by atoms with Crippen molar-refractivity contribution in [1.29, 1.82) is 0 Å². The Morgan fingerprint density at radius 1 is 1.55 bits per heavy atom. The van der Waals surface area contributed by atoms with Gasteiger partial charge in [0, 0.05) is 18.9 Å². The lowest BCUT2D eigenvalue weighted by Crippen LogP contribution is -2.15. The molecule has 3 heterocycles. The van der Waals surface area contributed by atoms with Gasteiger partial charge >= 0.3 is 0 Å². The first-order valence-electron chi connectivity index (χ1n) is 7.38. The van der Waals surface area contributed by atoms with Crippen LogP contribution in [0.2, 0.25) is 0 Å². The van der Waals surface area contributed by atoms with Crippen LogP contribution in [0.25, 0.3) is 6.08 Å². The van der Waals surface area contributed by atoms with Crippen LogP contribution in [-0.4, -0.2) is 28.4 Å². The minimum Gasteiger partial charge on any atom is -0.462 e. The Morgan fingerprint density at radius 2 is 2.45 bits per heavy atom. The van der Waals surface area contributed by atoms with Crippen LogP contribution in [0, 0.1) is 6.92 Å². The van der Waals surface area contributed by atoms with E-state index in [1.807, 2.05) is 25.3 Å². The fourth-order valence-corrected chi connectivity index (χ4v) is 2.41. The van der Waals surface area contributed by atoms with Crippen LogP contribution in [-0.2, 0) is 16.1 Å². The fraction of sp³-hybridized carbons (Fsp3) is 0.375. The van der Waals surface area contributed by atoms with E-state index >= 15 is 0 Å². The first kappa shape index (κ1) is 14.6. The standard InChI is InChI=1S/C16H19N3O3/c1-12-4-5-14(22-12)6-7-16(20)18-13-9-17-19(10-13)11-15-3-2-8-21-15/h4-7,9-10,15H,2-3,8,11H2,1H3,(H,18,20)/b7-6+. The molecular formula is C16H19N3O3. The molecule has 0 bridgehead atoms. The van der Waals surface area contributed by atoms with Crippen LogP contribution in [0.3, 0.4) is 0 Å². The number of ether oxygens (including phenoxy) is 1. The molecule has 6 nitrogen and oxygen atoms in total. The maximum Gasteiger partial charge on any atom is 0.248 e. The van der Waals surface area contributed by atoms with Crippen molar-refractivity contribution in [2.24, 2.45) is 0 Å². The van der Waals surface area contributed by atoms with Crippen LogP contribution in [0.4, 0.5) is 5.69 Å². The number of nitrogens with zero attached hydrogens (tertiary/aromatic N) is 2. The number of aromatic nitrogens is 2. The molecule has 2 aromatic rings. The van der Waals surface area contributed by atoms with Crippen molar-refractivity contribution in [3.05, 3.63) is 42.1 Å². The summed E-state index contributed by atoms with van der Waals surface area (Å²) >= 11 is 0. The quantitative estimate of drug-likeness (QED) is 0.862. The number of furan rings is 1. The molecule has 0 spiro atoms. The lowest BCUT2D eigenvalue weighted by Gasteiger charge is -2.08. The summed E-state index contributed by atoms with van der Waals surface area (Å²) in [7, 11) is 0. The molecule has 1 N–H and O–H groups in total. The summed E-state index contributed by atoms with van der Waals surface area (Å²) in [6.45, 7) is 3.41. The summed E-state index contributed by atoms with van der Waals surface area (Å²) in [5.41, 5.74) is 0.670. The molecule has 2 aromatic heterocycles. The molecule has 22 heavy (non-hydrogen) atoms. The van der Waals surface area contributed by atoms with Gasteiger partial charge in [0.05, 0.1) is 24.5 Å². The number of rotatable bonds is 5. The van der Waals surface area contributed by atoms with Crippen molar-refractivity contribution in [3.8, 4) is 0 Å². The van der Waals surface area contributed by atoms with Crippen molar-refractivity contribution in [2.75, 3.05) is 11.9 Å². The molecule has 1 fully saturated rings. The van der Waals surface area contributed by atoms with Crippen molar-refractivity contribution >= 4 is 17.7 Å². The summed E-state index contributed by atoms with van der Waals surface area (Å²) in [4.78, 5) is 11.8. The van der Waals surface area contributed by atoms with E-state index in [-0.39, 0.29) is 12.0 Å². The number of carbonyl (C=O) groups is 1. The van der Waals surface area contributed by atoms with E-state index < -0.39 is 0 Å². The molecule has 1 unspecified atom stereocenters. The van der Waals surface area contributed by atoms with Crippen LogP contribution >= 0.6 is 0 Å². The topological polar surface area (TPSA) is 69.3 Å². The van der Waals surface area contributed by atoms with Gasteiger partial charge in [-0.05, 0) is 38.0 Å². The molecule has 1 aliphatic heterocycles. The van der Waals surface area contributed by atoms with Gasteiger partial charge in [0.15, 0.2) is 0 Å². The monoisotopic (exact) mass is 301 g/mol. The average Bonchev–Trinajstić information content (AvgIpc) is 3.21. The second kappa shape index (κ2) is 6.62. The summed E-state index contributed by atoms with van der Waals surface area (Å²) in [6, 6.07) is 3.67. The van der Waals surface area contributed by atoms with Crippen LogP contribution in [0.5, 0.6) is 0 Å². The number of amides is 1. The lowest BCUT2D eigenvalue weighted by atomic mass is 10.2. The number of hydrogen-bond acceptors (Lipinski definition) is 4. The van der Waals surface area contributed by atoms with Gasteiger partial charge in [0.2, 0.25) is 5.91 Å². The maximum atomic E-state index is 11.8. The highest BCUT2D eigenvalue weighted by Crippen LogP contribution is 2.15. The number of carbonyl (C=O) groups excluding carboxylic acids is 1. The van der Waals surface area contributed by atoms with Gasteiger partial charge in [0.1, 0.15) is 11.5 Å². The van der Waals surface area contributed by atoms with E-state index in [4.69, 9.17) is 9.15 Å². The summed E-state index contributed by atoms with van der Waals surface area (Å²) in [5, 5.41) is 7.01. The zero-order valence-corrected chi connectivity index (χ0v) is 12.5. The molecule has 0 aromatic carbocycles. The number of nitrogens with one attached hydrogen (secondary N) is 1. The van der Waals surface area contributed by atoms with Crippen molar-refractivity contribution in [1.82, 2.24) is 9.78 Å². The SMILES string of the molecule is Cc1ccc(/C=C/C(=O)Nc2cnn(CC3CCCO3)c2)o1. The van der Waals surface area contributed by atoms with Gasteiger partial charge < -0.3 is 14.5 Å². The van der Waals surface area contributed by atoms with E-state index in [9.17, 15) is 4.79 Å². The summed E-state index contributed by atoms with van der Waals surface area (Å²) < 4.78 is 12.7. The molecule has 0 radical (unpaired) electrons. The van der Waals surface area contributed by atoms with Crippen LogP contribution < -0.4 is 5.32 Å². The Labute approximate surface area is 128 Å². The van der Waals surface area contributed by atoms with Gasteiger partial charge in [-0.3, -0.25) is 9.48 Å². The van der Waals surface area contributed by atoms with E-state index in [2.05, 4.69) is 10.4 Å². The van der Waals surface area contributed by atoms with Crippen LogP contribution in [0.15, 0.2) is 35.0 Å². The highest BCUT2D eigenvalue weighted by atomic mass is 16.5. The maximum absolute atomic E-state index is 11.8. The first-order chi connectivity index (χ1) is 10.7. The smallest absolute Gasteiger partial charge is 0.248 e. The first-order valence-corrected chi connectivity index (χ1v) is 7.38. The number of hydrogen-bond donors (Lipinski definition) is 1. The molecule has 116 valence electrons. The Hall–Kier alpha value is -2.34. The minimum absolute atomic E-state index is 0.217. The van der Waals surface area contributed by atoms with Gasteiger partial charge in [-0.15, -0.1) is 0 Å². The third kappa shape index (κ3) is 3.85. The Kier molecular flexibility index (Phi) is 4.39. The van der Waals surface area contributed by atoms with Crippen LogP contribution in [0.1, 0.15) is 24.4 Å². The summed E-state index contributed by atoms with van der Waals surface area (Å²) in [6.07, 6.45) is 8.92. The van der Waals surface area contributed by atoms with E-state index in [0.29, 0.717) is 11.4 Å². The largest absolute Gasteiger partial charge is 0.462 e. The molecule has 0 aliphatic carbocycles. The van der Waals surface area contributed by atoms with Gasteiger partial charge in [0.25, 0.3) is 0 Å². The second-order valence-corrected chi connectivity index (χ2v) is 5.36. The Morgan fingerprint density at radius 3 is 3.18 bits per heavy atom. The third-order valence-electron chi connectivity index (χ3n) is 3.48. The van der Waals surface area contributed by atoms with Gasteiger partial charge in [-0.25, -0.2) is 0 Å². The molecule has 1 atom stereocenters. The molecule has 3 rings (SSSR count). The number of aryl methyl sites for hydroxylation is 1. The molecule has 0 saturated carbocycles. The van der Waals surface area contributed by atoms with Crippen molar-refractivity contribution < 1.29 is 13.9 Å². The van der Waals surface area contributed by atoms with Crippen molar-refractivity contribution in [2.45, 2.75) is 32.4 Å². The molecule has 1 saturated heterocycles. The lowest BCUT2D eigenvalue weighted by molar-refractivity contribution is -0.111. The zero-order valence-electron chi connectivity index (χ0n) is 12.5. The summed E-state index contributed by atoms with van der Waals surface area (Å²) in [5.74, 6) is 1.25. The Balaban J connectivity index is 1.53. The molecule has 1 aliphatic rings. The predicted octanol–water partition coefficient (Wildman–Crippen LogP) is 2.62. The van der Waals surface area contributed by atoms with Gasteiger partial charge in [-0.1, -0.05) is 0 Å². The molecule has 1 amide bonds. The van der Waals surface area contributed by atoms with E-state index in [1.54, 1.807) is 17.0 Å². The highest BCUT2D eigenvalue weighted by molar-refractivity contribution is 6.01. The second-order valence-electron chi connectivity index (χ2n) is 5.36.